The van der Waals surface area contributed by atoms with Gasteiger partial charge < -0.3 is 9.73 Å². The van der Waals surface area contributed by atoms with Crippen molar-refractivity contribution in [1.82, 2.24) is 15.1 Å². The lowest BCUT2D eigenvalue weighted by atomic mass is 10.1. The lowest BCUT2D eigenvalue weighted by Crippen LogP contribution is -2.28. The first-order valence-electron chi connectivity index (χ1n) is 9.27. The van der Waals surface area contributed by atoms with E-state index in [0.717, 1.165) is 5.56 Å². The van der Waals surface area contributed by atoms with Gasteiger partial charge in [0.1, 0.15) is 11.4 Å². The number of furan rings is 1. The molecule has 0 aliphatic carbocycles. The van der Waals surface area contributed by atoms with E-state index in [-0.39, 0.29) is 23.3 Å². The summed E-state index contributed by atoms with van der Waals surface area (Å²) >= 11 is 0. The summed E-state index contributed by atoms with van der Waals surface area (Å²) in [5, 5.41) is 18.4. The molecule has 0 aliphatic heterocycles. The third-order valence-corrected chi connectivity index (χ3v) is 4.67. The lowest BCUT2D eigenvalue weighted by molar-refractivity contribution is -0.384. The molecule has 2 heterocycles. The number of nitrogens with one attached hydrogen (secondary N) is 1. The van der Waals surface area contributed by atoms with E-state index in [2.05, 4.69) is 10.4 Å². The predicted octanol–water partition coefficient (Wildman–Crippen LogP) is 4.53. The highest BCUT2D eigenvalue weighted by Crippen LogP contribution is 2.24. The van der Waals surface area contributed by atoms with E-state index >= 15 is 0 Å². The molecule has 4 aromatic rings. The van der Waals surface area contributed by atoms with Crippen LogP contribution in [-0.2, 0) is 0 Å². The molecule has 0 spiro atoms. The summed E-state index contributed by atoms with van der Waals surface area (Å²) in [5.41, 5.74) is 2.23. The van der Waals surface area contributed by atoms with Crippen LogP contribution in [0.25, 0.3) is 17.1 Å². The van der Waals surface area contributed by atoms with Gasteiger partial charge in [-0.15, -0.1) is 0 Å². The van der Waals surface area contributed by atoms with E-state index in [4.69, 9.17) is 4.42 Å². The first kappa shape index (κ1) is 19.1. The predicted molar refractivity (Wildman–Crippen MR) is 110 cm³/mol. The van der Waals surface area contributed by atoms with Gasteiger partial charge in [-0.05, 0) is 36.8 Å². The minimum Gasteiger partial charge on any atom is -0.463 e. The number of rotatable bonds is 6. The molecule has 0 bridgehead atoms. The molecule has 150 valence electrons. The number of hydrogen-bond donors (Lipinski definition) is 1. The minimum absolute atomic E-state index is 0.0409. The van der Waals surface area contributed by atoms with Crippen molar-refractivity contribution >= 4 is 11.6 Å². The number of carbonyl (C=O) groups is 1. The topological polar surface area (TPSA) is 103 Å². The molecule has 8 heteroatoms. The summed E-state index contributed by atoms with van der Waals surface area (Å²) in [6, 6.07) is 20.4. The molecule has 1 N–H and O–H groups in total. The number of nitro groups is 1. The Kier molecular flexibility index (Phi) is 5.13. The van der Waals surface area contributed by atoms with Gasteiger partial charge in [-0.1, -0.05) is 30.3 Å². The molecule has 0 aliphatic rings. The quantitative estimate of drug-likeness (QED) is 0.377. The van der Waals surface area contributed by atoms with E-state index in [1.165, 1.54) is 23.1 Å². The molecule has 4 rings (SSSR count). The maximum absolute atomic E-state index is 13.1. The van der Waals surface area contributed by atoms with Crippen molar-refractivity contribution in [2.24, 2.45) is 0 Å². The standard InChI is InChI=1S/C22H18N4O4/c1-15(16-6-3-2-4-7-16)23-22(27)20-14-19(21-8-5-13-30-21)24-25(20)17-9-11-18(12-10-17)26(28)29/h2-15H,1H3,(H,23,27)/t15-/m0/s1. The van der Waals surface area contributed by atoms with Crippen LogP contribution in [0.2, 0.25) is 0 Å². The first-order valence-corrected chi connectivity index (χ1v) is 9.27. The van der Waals surface area contributed by atoms with Gasteiger partial charge in [0.25, 0.3) is 11.6 Å². The summed E-state index contributed by atoms with van der Waals surface area (Å²) in [6.07, 6.45) is 1.53. The zero-order valence-corrected chi connectivity index (χ0v) is 16.1. The summed E-state index contributed by atoms with van der Waals surface area (Å²) in [6.45, 7) is 1.90. The van der Waals surface area contributed by atoms with Gasteiger partial charge in [0.2, 0.25) is 0 Å². The second-order valence-electron chi connectivity index (χ2n) is 6.68. The molecule has 8 nitrogen and oxygen atoms in total. The highest BCUT2D eigenvalue weighted by atomic mass is 16.6. The number of nitro benzene ring substituents is 1. The number of carbonyl (C=O) groups excluding carboxylic acids is 1. The van der Waals surface area contributed by atoms with Crippen LogP contribution in [0, 0.1) is 10.1 Å². The van der Waals surface area contributed by atoms with Crippen molar-refractivity contribution in [3.05, 3.63) is 100 Å². The molecule has 2 aromatic heterocycles. The number of nitrogens with zero attached hydrogens (tertiary/aromatic N) is 3. The van der Waals surface area contributed by atoms with E-state index in [1.807, 2.05) is 37.3 Å². The Morgan fingerprint density at radius 3 is 2.47 bits per heavy atom. The minimum atomic E-state index is -0.476. The van der Waals surface area contributed by atoms with Crippen molar-refractivity contribution in [3.63, 3.8) is 0 Å². The third-order valence-electron chi connectivity index (χ3n) is 4.67. The van der Waals surface area contributed by atoms with Crippen LogP contribution in [0.5, 0.6) is 0 Å². The molecular weight excluding hydrogens is 384 g/mol. The highest BCUT2D eigenvalue weighted by molar-refractivity contribution is 5.94. The molecule has 0 radical (unpaired) electrons. The Morgan fingerprint density at radius 2 is 1.83 bits per heavy atom. The Labute approximate surface area is 171 Å². The van der Waals surface area contributed by atoms with E-state index in [9.17, 15) is 14.9 Å². The van der Waals surface area contributed by atoms with Crippen molar-refractivity contribution in [2.75, 3.05) is 0 Å². The second-order valence-corrected chi connectivity index (χ2v) is 6.68. The van der Waals surface area contributed by atoms with Gasteiger partial charge in [0.05, 0.1) is 22.9 Å². The Morgan fingerprint density at radius 1 is 1.10 bits per heavy atom. The number of aromatic nitrogens is 2. The van der Waals surface area contributed by atoms with E-state index < -0.39 is 4.92 Å². The van der Waals surface area contributed by atoms with Crippen LogP contribution < -0.4 is 5.32 Å². The largest absolute Gasteiger partial charge is 0.463 e. The molecule has 0 saturated heterocycles. The van der Waals surface area contributed by atoms with Crippen LogP contribution >= 0.6 is 0 Å². The molecule has 0 fully saturated rings. The van der Waals surface area contributed by atoms with Crippen LogP contribution in [0.4, 0.5) is 5.69 Å². The average molecular weight is 402 g/mol. The molecule has 1 amide bonds. The number of hydrogen-bond acceptors (Lipinski definition) is 5. The van der Waals surface area contributed by atoms with Gasteiger partial charge in [0.15, 0.2) is 5.76 Å². The van der Waals surface area contributed by atoms with Gasteiger partial charge >= 0.3 is 0 Å². The monoisotopic (exact) mass is 402 g/mol. The third kappa shape index (κ3) is 3.83. The maximum atomic E-state index is 13.1. The van der Waals surface area contributed by atoms with Gasteiger partial charge in [0, 0.05) is 18.2 Å². The zero-order valence-electron chi connectivity index (χ0n) is 16.1. The molecular formula is C22H18N4O4. The SMILES string of the molecule is C[C@H](NC(=O)c1cc(-c2ccco2)nn1-c1ccc([N+](=O)[O-])cc1)c1ccccc1. The van der Waals surface area contributed by atoms with Crippen molar-refractivity contribution in [2.45, 2.75) is 13.0 Å². The number of amides is 1. The summed E-state index contributed by atoms with van der Waals surface area (Å²) in [7, 11) is 0. The van der Waals surface area contributed by atoms with Gasteiger partial charge in [-0.2, -0.15) is 5.10 Å². The van der Waals surface area contributed by atoms with E-state index in [1.54, 1.807) is 30.3 Å². The lowest BCUT2D eigenvalue weighted by Gasteiger charge is -2.15. The Bertz CT molecular complexity index is 1170. The Hall–Kier alpha value is -4.20. The Balaban J connectivity index is 1.70. The fraction of sp³-hybridized carbons (Fsp3) is 0.0909. The molecule has 0 saturated carbocycles. The summed E-state index contributed by atoms with van der Waals surface area (Å²) in [5.74, 6) is 0.191. The van der Waals surface area contributed by atoms with Crippen molar-refractivity contribution < 1.29 is 14.1 Å². The summed E-state index contributed by atoms with van der Waals surface area (Å²) in [4.78, 5) is 23.5. The normalized spacial score (nSPS) is 11.8. The van der Waals surface area contributed by atoms with Crippen LogP contribution in [0.15, 0.2) is 83.5 Å². The van der Waals surface area contributed by atoms with Crippen LogP contribution in [0.3, 0.4) is 0 Å². The van der Waals surface area contributed by atoms with Crippen LogP contribution in [-0.4, -0.2) is 20.6 Å². The second kappa shape index (κ2) is 8.04. The van der Waals surface area contributed by atoms with E-state index in [0.29, 0.717) is 17.1 Å². The molecule has 2 aromatic carbocycles. The molecule has 0 unspecified atom stereocenters. The van der Waals surface area contributed by atoms with Gasteiger partial charge in [-0.3, -0.25) is 14.9 Å². The molecule has 1 atom stereocenters. The van der Waals surface area contributed by atoms with Crippen LogP contribution in [0.1, 0.15) is 29.0 Å². The maximum Gasteiger partial charge on any atom is 0.270 e. The van der Waals surface area contributed by atoms with Gasteiger partial charge in [-0.25, -0.2) is 4.68 Å². The summed E-state index contributed by atoms with van der Waals surface area (Å²) < 4.78 is 6.86. The molecule has 30 heavy (non-hydrogen) atoms. The zero-order chi connectivity index (χ0) is 21.1. The fourth-order valence-corrected chi connectivity index (χ4v) is 3.10. The first-order chi connectivity index (χ1) is 14.5. The smallest absolute Gasteiger partial charge is 0.270 e. The van der Waals surface area contributed by atoms with Crippen molar-refractivity contribution in [1.29, 1.82) is 0 Å². The fourth-order valence-electron chi connectivity index (χ4n) is 3.10. The van der Waals surface area contributed by atoms with Crippen molar-refractivity contribution in [3.8, 4) is 17.1 Å². The average Bonchev–Trinajstić information content (AvgIpc) is 3.44. The number of non-ortho nitro benzene ring substituents is 1. The highest BCUT2D eigenvalue weighted by Gasteiger charge is 2.21. The number of benzene rings is 2.